The zero-order valence-electron chi connectivity index (χ0n) is 10.5. The molecule has 0 saturated carbocycles. The average molecular weight is 289 g/mol. The second kappa shape index (κ2) is 6.27. The van der Waals surface area contributed by atoms with Crippen molar-refractivity contribution in [3.05, 3.63) is 29.3 Å². The molecule has 8 heteroatoms. The summed E-state index contributed by atoms with van der Waals surface area (Å²) in [4.78, 5) is 22.2. The van der Waals surface area contributed by atoms with E-state index in [1.54, 1.807) is 0 Å². The second-order valence-corrected chi connectivity index (χ2v) is 4.09. The number of nitrogens with two attached hydrogens (primary N) is 2. The molecular weight excluding hydrogens is 275 g/mol. The molecule has 1 rings (SSSR count). The summed E-state index contributed by atoms with van der Waals surface area (Å²) < 4.78 is 37.9. The number of benzene rings is 1. The normalized spacial score (nSPS) is 11.2. The third kappa shape index (κ3) is 4.15. The first-order valence-corrected chi connectivity index (χ1v) is 5.75. The van der Waals surface area contributed by atoms with Crippen molar-refractivity contribution in [3.63, 3.8) is 0 Å². The van der Waals surface area contributed by atoms with Gasteiger partial charge in [-0.15, -0.1) is 0 Å². The van der Waals surface area contributed by atoms with Crippen molar-refractivity contribution in [2.45, 2.75) is 19.0 Å². The molecule has 0 radical (unpaired) electrons. The molecule has 5 N–H and O–H groups in total. The van der Waals surface area contributed by atoms with Gasteiger partial charge in [0.15, 0.2) is 0 Å². The second-order valence-electron chi connectivity index (χ2n) is 4.09. The molecule has 0 unspecified atom stereocenters. The highest BCUT2D eigenvalue weighted by molar-refractivity contribution is 5.99. The van der Waals surface area contributed by atoms with E-state index in [1.807, 2.05) is 0 Å². The molecule has 0 aliphatic rings. The van der Waals surface area contributed by atoms with Gasteiger partial charge < -0.3 is 16.8 Å². The minimum atomic E-state index is -4.62. The van der Waals surface area contributed by atoms with Gasteiger partial charge in [0.25, 0.3) is 5.91 Å². The Hall–Kier alpha value is -2.25. The topological polar surface area (TPSA) is 98.2 Å². The lowest BCUT2D eigenvalue weighted by Gasteiger charge is -2.13. The largest absolute Gasteiger partial charge is 0.418 e. The molecule has 0 heterocycles. The Morgan fingerprint density at radius 3 is 2.45 bits per heavy atom. The molecule has 0 aliphatic heterocycles. The molecule has 0 fully saturated rings. The van der Waals surface area contributed by atoms with E-state index in [0.29, 0.717) is 6.42 Å². The van der Waals surface area contributed by atoms with Gasteiger partial charge >= 0.3 is 6.18 Å². The zero-order valence-corrected chi connectivity index (χ0v) is 10.5. The Morgan fingerprint density at radius 1 is 1.25 bits per heavy atom. The fraction of sp³-hybridized carbons (Fsp3) is 0.333. The molecule has 110 valence electrons. The predicted molar refractivity (Wildman–Crippen MR) is 66.6 cm³/mol. The van der Waals surface area contributed by atoms with Crippen molar-refractivity contribution in [1.82, 2.24) is 5.32 Å². The van der Waals surface area contributed by atoms with Gasteiger partial charge in [-0.05, 0) is 18.6 Å². The number of halogens is 3. The van der Waals surface area contributed by atoms with E-state index >= 15 is 0 Å². The highest BCUT2D eigenvalue weighted by atomic mass is 19.4. The van der Waals surface area contributed by atoms with Crippen molar-refractivity contribution in [3.8, 4) is 0 Å². The predicted octanol–water partition coefficient (Wildman–Crippen LogP) is 1.28. The van der Waals surface area contributed by atoms with Gasteiger partial charge in [0, 0.05) is 13.0 Å². The number of hydrogen-bond acceptors (Lipinski definition) is 3. The van der Waals surface area contributed by atoms with Gasteiger partial charge in [-0.25, -0.2) is 0 Å². The number of amides is 2. The summed E-state index contributed by atoms with van der Waals surface area (Å²) in [6, 6.07) is 3.12. The summed E-state index contributed by atoms with van der Waals surface area (Å²) in [5, 5.41) is 2.38. The summed E-state index contributed by atoms with van der Waals surface area (Å²) >= 11 is 0. The summed E-state index contributed by atoms with van der Waals surface area (Å²) in [6.45, 7) is 0.122. The number of anilines is 1. The fourth-order valence-corrected chi connectivity index (χ4v) is 1.57. The lowest BCUT2D eigenvalue weighted by molar-refractivity contribution is -0.136. The summed E-state index contributed by atoms with van der Waals surface area (Å²) in [7, 11) is 0. The number of nitrogens with one attached hydrogen (secondary N) is 1. The van der Waals surface area contributed by atoms with Crippen molar-refractivity contribution in [2.24, 2.45) is 5.73 Å². The minimum Gasteiger partial charge on any atom is -0.398 e. The van der Waals surface area contributed by atoms with E-state index in [2.05, 4.69) is 5.32 Å². The number of hydrogen-bond donors (Lipinski definition) is 3. The number of primary amides is 1. The van der Waals surface area contributed by atoms with Gasteiger partial charge in [0.2, 0.25) is 5.91 Å². The average Bonchev–Trinajstić information content (AvgIpc) is 2.33. The lowest BCUT2D eigenvalue weighted by Crippen LogP contribution is -2.27. The van der Waals surface area contributed by atoms with Crippen LogP contribution in [-0.2, 0) is 11.0 Å². The highest BCUT2D eigenvalue weighted by Crippen LogP contribution is 2.34. The van der Waals surface area contributed by atoms with Crippen LogP contribution in [0.25, 0.3) is 0 Å². The monoisotopic (exact) mass is 289 g/mol. The maximum atomic E-state index is 12.6. The first-order chi connectivity index (χ1) is 9.23. The van der Waals surface area contributed by atoms with E-state index in [1.165, 1.54) is 6.07 Å². The first kappa shape index (κ1) is 15.8. The maximum Gasteiger partial charge on any atom is 0.418 e. The number of rotatable bonds is 5. The van der Waals surface area contributed by atoms with Gasteiger partial charge in [-0.3, -0.25) is 9.59 Å². The molecule has 1 aromatic rings. The molecular formula is C12H14F3N3O2. The van der Waals surface area contributed by atoms with Crippen LogP contribution in [0.4, 0.5) is 18.9 Å². The Kier molecular flexibility index (Phi) is 4.95. The van der Waals surface area contributed by atoms with Crippen LogP contribution in [0.15, 0.2) is 18.2 Å². The van der Waals surface area contributed by atoms with Crippen LogP contribution in [0.3, 0.4) is 0 Å². The van der Waals surface area contributed by atoms with E-state index in [-0.39, 0.29) is 18.5 Å². The Morgan fingerprint density at radius 2 is 1.90 bits per heavy atom. The molecule has 0 aliphatic carbocycles. The van der Waals surface area contributed by atoms with Gasteiger partial charge in [0.1, 0.15) is 0 Å². The van der Waals surface area contributed by atoms with Crippen molar-refractivity contribution in [1.29, 1.82) is 0 Å². The SMILES string of the molecule is NC(=O)CCCNC(=O)c1cccc(C(F)(F)F)c1N. The Labute approximate surface area is 113 Å². The van der Waals surface area contributed by atoms with Crippen LogP contribution in [0, 0.1) is 0 Å². The number of carbonyl (C=O) groups excluding carboxylic acids is 2. The maximum absolute atomic E-state index is 12.6. The summed E-state index contributed by atoms with van der Waals surface area (Å²) in [5.74, 6) is -1.24. The third-order valence-corrected chi connectivity index (χ3v) is 2.54. The zero-order chi connectivity index (χ0) is 15.3. The van der Waals surface area contributed by atoms with Crippen LogP contribution >= 0.6 is 0 Å². The minimum absolute atomic E-state index is 0.0817. The number of alkyl halides is 3. The first-order valence-electron chi connectivity index (χ1n) is 5.75. The van der Waals surface area contributed by atoms with Gasteiger partial charge in [-0.2, -0.15) is 13.2 Å². The van der Waals surface area contributed by atoms with Crippen molar-refractivity contribution < 1.29 is 22.8 Å². The van der Waals surface area contributed by atoms with Crippen LogP contribution < -0.4 is 16.8 Å². The molecule has 2 amide bonds. The molecule has 0 atom stereocenters. The molecule has 0 spiro atoms. The van der Waals surface area contributed by atoms with Crippen LogP contribution in [0.5, 0.6) is 0 Å². The third-order valence-electron chi connectivity index (χ3n) is 2.54. The van der Waals surface area contributed by atoms with E-state index in [4.69, 9.17) is 11.5 Å². The van der Waals surface area contributed by atoms with Crippen molar-refractivity contribution in [2.75, 3.05) is 12.3 Å². The van der Waals surface area contributed by atoms with E-state index in [0.717, 1.165) is 12.1 Å². The van der Waals surface area contributed by atoms with Crippen LogP contribution in [0.2, 0.25) is 0 Å². The molecule has 0 saturated heterocycles. The van der Waals surface area contributed by atoms with Crippen LogP contribution in [0.1, 0.15) is 28.8 Å². The summed E-state index contributed by atoms with van der Waals surface area (Å²) in [6.07, 6.45) is -4.23. The molecule has 1 aromatic carbocycles. The standard InChI is InChI=1S/C12H14F3N3O2/c13-12(14,15)8-4-1-3-7(10(8)17)11(20)18-6-2-5-9(16)19/h1,3-4H,2,5-6,17H2,(H2,16,19)(H,18,20). The highest BCUT2D eigenvalue weighted by Gasteiger charge is 2.34. The number of nitrogen functional groups attached to an aromatic ring is 1. The number of carbonyl (C=O) groups is 2. The van der Waals surface area contributed by atoms with E-state index < -0.39 is 29.2 Å². The van der Waals surface area contributed by atoms with Crippen molar-refractivity contribution >= 4 is 17.5 Å². The smallest absolute Gasteiger partial charge is 0.398 e. The quantitative estimate of drug-likeness (QED) is 0.562. The lowest BCUT2D eigenvalue weighted by atomic mass is 10.1. The Balaban J connectivity index is 2.76. The molecule has 0 bridgehead atoms. The molecule has 20 heavy (non-hydrogen) atoms. The fourth-order valence-electron chi connectivity index (χ4n) is 1.57. The summed E-state index contributed by atoms with van der Waals surface area (Å²) in [5.41, 5.74) is 8.36. The molecule has 0 aromatic heterocycles. The van der Waals surface area contributed by atoms with Gasteiger partial charge in [-0.1, -0.05) is 6.07 Å². The molecule has 5 nitrogen and oxygen atoms in total. The van der Waals surface area contributed by atoms with Gasteiger partial charge in [0.05, 0.1) is 16.8 Å². The van der Waals surface area contributed by atoms with E-state index in [9.17, 15) is 22.8 Å². The number of para-hydroxylation sites is 1. The Bertz CT molecular complexity index is 515. The van der Waals surface area contributed by atoms with Crippen LogP contribution in [-0.4, -0.2) is 18.4 Å².